The summed E-state index contributed by atoms with van der Waals surface area (Å²) >= 11 is 5.60. The largest absolute Gasteiger partial charge is 0.465 e. The highest BCUT2D eigenvalue weighted by Crippen LogP contribution is 2.17. The van der Waals surface area contributed by atoms with Crippen molar-refractivity contribution < 1.29 is 28.2 Å². The van der Waals surface area contributed by atoms with E-state index in [1.54, 1.807) is 12.1 Å². The van der Waals surface area contributed by atoms with E-state index >= 15 is 0 Å². The van der Waals surface area contributed by atoms with Crippen LogP contribution >= 0.6 is 11.6 Å². The predicted molar refractivity (Wildman–Crippen MR) is 88.1 cm³/mol. The molecule has 0 saturated heterocycles. The second kappa shape index (κ2) is 8.25. The van der Waals surface area contributed by atoms with Crippen LogP contribution in [0, 0.1) is 5.82 Å². The topological polar surface area (TPSA) is 81.7 Å². The second-order valence-electron chi connectivity index (χ2n) is 4.79. The van der Waals surface area contributed by atoms with E-state index in [-0.39, 0.29) is 21.8 Å². The highest BCUT2D eigenvalue weighted by molar-refractivity contribution is 6.30. The first-order chi connectivity index (χ1) is 11.9. The van der Waals surface area contributed by atoms with Crippen LogP contribution in [0.5, 0.6) is 0 Å². The summed E-state index contributed by atoms with van der Waals surface area (Å²) in [7, 11) is 1.21. The molecule has 0 fully saturated rings. The molecule has 6 nitrogen and oxygen atoms in total. The highest BCUT2D eigenvalue weighted by Gasteiger charge is 2.17. The van der Waals surface area contributed by atoms with Crippen molar-refractivity contribution in [2.45, 2.75) is 0 Å². The summed E-state index contributed by atoms with van der Waals surface area (Å²) < 4.78 is 23.0. The summed E-state index contributed by atoms with van der Waals surface area (Å²) in [5.74, 6) is -3.19. The number of anilines is 1. The zero-order valence-electron chi connectivity index (χ0n) is 13.0. The molecule has 1 amide bonds. The van der Waals surface area contributed by atoms with E-state index in [9.17, 15) is 18.8 Å². The summed E-state index contributed by atoms with van der Waals surface area (Å²) in [6.45, 7) is -0.656. The second-order valence-corrected chi connectivity index (χ2v) is 5.22. The number of ether oxygens (including phenoxy) is 2. The molecule has 25 heavy (non-hydrogen) atoms. The standard InChI is InChI=1S/C17H13ClFNO5/c1-24-16(22)12-4-2-3-5-14(12)20-15(21)9-25-17(23)11-7-6-10(18)8-13(11)19/h2-8H,9H2,1H3,(H,20,21). The van der Waals surface area contributed by atoms with Crippen molar-refractivity contribution in [2.75, 3.05) is 19.0 Å². The number of carbonyl (C=O) groups excluding carboxylic acids is 3. The molecule has 2 aromatic carbocycles. The fraction of sp³-hybridized carbons (Fsp3) is 0.118. The lowest BCUT2D eigenvalue weighted by Crippen LogP contribution is -2.22. The van der Waals surface area contributed by atoms with E-state index < -0.39 is 30.3 Å². The Kier molecular flexibility index (Phi) is 6.08. The number of esters is 2. The lowest BCUT2D eigenvalue weighted by molar-refractivity contribution is -0.119. The predicted octanol–water partition coefficient (Wildman–Crippen LogP) is 3.06. The Hall–Kier alpha value is -2.93. The van der Waals surface area contributed by atoms with Crippen molar-refractivity contribution >= 4 is 35.1 Å². The third-order valence-corrected chi connectivity index (χ3v) is 3.33. The molecule has 0 heterocycles. The average molecular weight is 366 g/mol. The van der Waals surface area contributed by atoms with Crippen LogP contribution in [0.1, 0.15) is 20.7 Å². The molecular formula is C17H13ClFNO5. The fourth-order valence-corrected chi connectivity index (χ4v) is 2.09. The van der Waals surface area contributed by atoms with Gasteiger partial charge < -0.3 is 14.8 Å². The van der Waals surface area contributed by atoms with Crippen LogP contribution in [0.25, 0.3) is 0 Å². The van der Waals surface area contributed by atoms with Crippen molar-refractivity contribution in [2.24, 2.45) is 0 Å². The minimum atomic E-state index is -1.01. The summed E-state index contributed by atoms with van der Waals surface area (Å²) in [6, 6.07) is 9.62. The van der Waals surface area contributed by atoms with Gasteiger partial charge in [-0.3, -0.25) is 4.79 Å². The van der Waals surface area contributed by atoms with E-state index in [1.165, 1.54) is 25.3 Å². The lowest BCUT2D eigenvalue weighted by atomic mass is 10.2. The van der Waals surface area contributed by atoms with Crippen molar-refractivity contribution in [1.29, 1.82) is 0 Å². The molecule has 0 aliphatic carbocycles. The number of benzene rings is 2. The van der Waals surface area contributed by atoms with Gasteiger partial charge in [-0.1, -0.05) is 23.7 Å². The quantitative estimate of drug-likeness (QED) is 0.823. The number of carbonyl (C=O) groups is 3. The van der Waals surface area contributed by atoms with Gasteiger partial charge in [0.25, 0.3) is 5.91 Å². The molecule has 0 radical (unpaired) electrons. The SMILES string of the molecule is COC(=O)c1ccccc1NC(=O)COC(=O)c1ccc(Cl)cc1F. The number of halogens is 2. The van der Waals surface area contributed by atoms with Gasteiger partial charge in [-0.05, 0) is 30.3 Å². The average Bonchev–Trinajstić information content (AvgIpc) is 2.59. The van der Waals surface area contributed by atoms with Crippen molar-refractivity contribution in [3.8, 4) is 0 Å². The van der Waals surface area contributed by atoms with Gasteiger partial charge in [0.15, 0.2) is 6.61 Å². The zero-order chi connectivity index (χ0) is 18.4. The Bertz CT molecular complexity index is 824. The van der Waals surface area contributed by atoms with E-state index in [0.717, 1.165) is 12.1 Å². The first kappa shape index (κ1) is 18.4. The van der Waals surface area contributed by atoms with Gasteiger partial charge in [-0.15, -0.1) is 0 Å². The summed E-state index contributed by atoms with van der Waals surface area (Å²) in [5.41, 5.74) is 0.00801. The van der Waals surface area contributed by atoms with Crippen LogP contribution in [0.2, 0.25) is 5.02 Å². The van der Waals surface area contributed by atoms with E-state index in [0.29, 0.717) is 0 Å². The van der Waals surface area contributed by atoms with Crippen LogP contribution in [0.4, 0.5) is 10.1 Å². The first-order valence-corrected chi connectivity index (χ1v) is 7.39. The molecule has 0 spiro atoms. The summed E-state index contributed by atoms with van der Waals surface area (Å²) in [5, 5.41) is 2.56. The van der Waals surface area contributed by atoms with Crippen molar-refractivity contribution in [1.82, 2.24) is 0 Å². The molecule has 0 aromatic heterocycles. The number of amides is 1. The Morgan fingerprint density at radius 3 is 2.48 bits per heavy atom. The molecule has 0 saturated carbocycles. The van der Waals surface area contributed by atoms with Crippen molar-refractivity contribution in [3.63, 3.8) is 0 Å². The molecule has 0 aliphatic heterocycles. The molecule has 0 aliphatic rings. The Labute approximate surface area is 147 Å². The molecule has 0 atom stereocenters. The number of rotatable bonds is 5. The van der Waals surface area contributed by atoms with Crippen molar-refractivity contribution in [3.05, 3.63) is 64.4 Å². The molecule has 0 bridgehead atoms. The van der Waals surface area contributed by atoms with E-state index in [2.05, 4.69) is 10.1 Å². The number of nitrogens with one attached hydrogen (secondary N) is 1. The Balaban J connectivity index is 1.99. The van der Waals surface area contributed by atoms with Crippen LogP contribution in [0.3, 0.4) is 0 Å². The highest BCUT2D eigenvalue weighted by atomic mass is 35.5. The van der Waals surface area contributed by atoms with Crippen LogP contribution in [-0.2, 0) is 14.3 Å². The van der Waals surface area contributed by atoms with Gasteiger partial charge in [-0.2, -0.15) is 0 Å². The van der Waals surface area contributed by atoms with E-state index in [4.69, 9.17) is 16.3 Å². The molecular weight excluding hydrogens is 353 g/mol. The molecule has 8 heteroatoms. The molecule has 2 aromatic rings. The normalized spacial score (nSPS) is 10.0. The van der Waals surface area contributed by atoms with Gasteiger partial charge in [0.1, 0.15) is 5.82 Å². The van der Waals surface area contributed by atoms with Gasteiger partial charge in [0.05, 0.1) is 23.9 Å². The smallest absolute Gasteiger partial charge is 0.341 e. The van der Waals surface area contributed by atoms with Gasteiger partial charge >= 0.3 is 11.9 Å². The third kappa shape index (κ3) is 4.77. The Morgan fingerprint density at radius 1 is 1.08 bits per heavy atom. The van der Waals surface area contributed by atoms with Gasteiger partial charge in [-0.25, -0.2) is 14.0 Å². The minimum absolute atomic E-state index is 0.131. The van der Waals surface area contributed by atoms with Gasteiger partial charge in [0.2, 0.25) is 0 Å². The Morgan fingerprint density at radius 2 is 1.80 bits per heavy atom. The molecule has 1 N–H and O–H groups in total. The maximum atomic E-state index is 13.6. The number of hydrogen-bond donors (Lipinski definition) is 1. The maximum Gasteiger partial charge on any atom is 0.341 e. The summed E-state index contributed by atoms with van der Waals surface area (Å²) in [4.78, 5) is 35.3. The molecule has 0 unspecified atom stereocenters. The van der Waals surface area contributed by atoms with Crippen LogP contribution in [0.15, 0.2) is 42.5 Å². The van der Waals surface area contributed by atoms with Gasteiger partial charge in [0, 0.05) is 5.02 Å². The first-order valence-electron chi connectivity index (χ1n) is 7.01. The number of para-hydroxylation sites is 1. The minimum Gasteiger partial charge on any atom is -0.465 e. The zero-order valence-corrected chi connectivity index (χ0v) is 13.8. The number of hydrogen-bond acceptors (Lipinski definition) is 5. The molecule has 130 valence electrons. The molecule has 2 rings (SSSR count). The summed E-state index contributed by atoms with van der Waals surface area (Å²) in [6.07, 6.45) is 0. The third-order valence-electron chi connectivity index (χ3n) is 3.09. The lowest BCUT2D eigenvalue weighted by Gasteiger charge is -2.10. The fourth-order valence-electron chi connectivity index (χ4n) is 1.93. The maximum absolute atomic E-state index is 13.6. The van der Waals surface area contributed by atoms with Crippen LogP contribution in [-0.4, -0.2) is 31.6 Å². The van der Waals surface area contributed by atoms with E-state index in [1.807, 2.05) is 0 Å². The monoisotopic (exact) mass is 365 g/mol. The van der Waals surface area contributed by atoms with Crippen LogP contribution < -0.4 is 5.32 Å². The number of methoxy groups -OCH3 is 1.